The first-order valence-electron chi connectivity index (χ1n) is 2.96. The van der Waals surface area contributed by atoms with Gasteiger partial charge < -0.3 is 5.11 Å². The minimum atomic E-state index is -0.980. The zero-order valence-electron chi connectivity index (χ0n) is 5.83. The molecule has 0 aliphatic rings. The number of pyridine rings is 1. The molecule has 0 saturated heterocycles. The third kappa shape index (κ3) is 8.91. The molecule has 1 rings (SSSR count). The maximum absolute atomic E-state index is 9.24. The Morgan fingerprint density at radius 1 is 1.36 bits per heavy atom. The zero-order valence-corrected chi connectivity index (χ0v) is 6.58. The number of rotatable bonds is 1. The molecule has 0 saturated carbocycles. The standard InChI is InChI=1S/C5H5N.C2H3ClO2/c1-2-4-6-5-3-1;3-1-2(4)5/h1-5H;1H2,(H,4,5)/p+1. The van der Waals surface area contributed by atoms with E-state index in [-0.39, 0.29) is 5.88 Å². The number of hydrogen-bond donors (Lipinski definition) is 1. The molecule has 60 valence electrons. The summed E-state index contributed by atoms with van der Waals surface area (Å²) in [4.78, 5) is 12.1. The van der Waals surface area contributed by atoms with Gasteiger partial charge in [0.05, 0.1) is 0 Å². The first-order valence-corrected chi connectivity index (χ1v) is 3.49. The van der Waals surface area contributed by atoms with E-state index in [0.717, 1.165) is 0 Å². The molecule has 0 atom stereocenters. The van der Waals surface area contributed by atoms with Gasteiger partial charge in [0.25, 0.3) is 0 Å². The third-order valence-electron chi connectivity index (χ3n) is 0.721. The van der Waals surface area contributed by atoms with Crippen LogP contribution in [0.2, 0.25) is 0 Å². The first-order chi connectivity index (χ1) is 5.27. The predicted molar refractivity (Wildman–Crippen MR) is 41.4 cm³/mol. The SMILES string of the molecule is O=C(O)CCl.c1cc[nH+]cc1. The number of aromatic nitrogens is 1. The molecule has 4 heteroatoms. The Hall–Kier alpha value is -1.09. The highest BCUT2D eigenvalue weighted by Crippen LogP contribution is 1.68. The van der Waals surface area contributed by atoms with E-state index in [2.05, 4.69) is 4.98 Å². The molecule has 2 N–H and O–H groups in total. The Morgan fingerprint density at radius 3 is 1.91 bits per heavy atom. The highest BCUT2D eigenvalue weighted by molar-refractivity contribution is 6.26. The second kappa shape index (κ2) is 7.02. The number of nitrogens with one attached hydrogen (secondary N) is 1. The number of alkyl halides is 1. The molecule has 11 heavy (non-hydrogen) atoms. The van der Waals surface area contributed by atoms with Crippen molar-refractivity contribution in [2.24, 2.45) is 0 Å². The molecule has 0 unspecified atom stereocenters. The molecule has 0 fully saturated rings. The van der Waals surface area contributed by atoms with Crippen LogP contribution in [-0.4, -0.2) is 17.0 Å². The van der Waals surface area contributed by atoms with E-state index >= 15 is 0 Å². The van der Waals surface area contributed by atoms with E-state index in [1.165, 1.54) is 0 Å². The molecule has 0 aliphatic heterocycles. The Kier molecular flexibility index (Phi) is 6.33. The van der Waals surface area contributed by atoms with Gasteiger partial charge in [-0.05, 0) is 0 Å². The summed E-state index contributed by atoms with van der Waals surface area (Å²) in [5, 5.41) is 7.59. The highest BCUT2D eigenvalue weighted by atomic mass is 35.5. The van der Waals surface area contributed by atoms with Gasteiger partial charge in [-0.1, -0.05) is 6.07 Å². The van der Waals surface area contributed by atoms with Gasteiger partial charge in [0.1, 0.15) is 5.88 Å². The van der Waals surface area contributed by atoms with Crippen molar-refractivity contribution in [3.63, 3.8) is 0 Å². The zero-order chi connectivity index (χ0) is 8.53. The normalized spacial score (nSPS) is 7.73. The number of aromatic amines is 1. The van der Waals surface area contributed by atoms with Crippen molar-refractivity contribution in [1.82, 2.24) is 0 Å². The largest absolute Gasteiger partial charge is 0.480 e. The summed E-state index contributed by atoms with van der Waals surface area (Å²) in [6, 6.07) is 5.86. The monoisotopic (exact) mass is 174 g/mol. The van der Waals surface area contributed by atoms with Crippen LogP contribution in [0.5, 0.6) is 0 Å². The molecule has 3 nitrogen and oxygen atoms in total. The number of hydrogen-bond acceptors (Lipinski definition) is 1. The molecule has 0 aromatic carbocycles. The average molecular weight is 175 g/mol. The first kappa shape index (κ1) is 9.91. The van der Waals surface area contributed by atoms with Gasteiger partial charge in [0, 0.05) is 12.1 Å². The fraction of sp³-hybridized carbons (Fsp3) is 0.143. The van der Waals surface area contributed by atoms with Gasteiger partial charge in [-0.3, -0.25) is 4.79 Å². The van der Waals surface area contributed by atoms with Gasteiger partial charge in [0.15, 0.2) is 12.4 Å². The summed E-state index contributed by atoms with van der Waals surface area (Å²) in [5.74, 6) is -1.29. The Balaban J connectivity index is 0.000000187. The molecule has 1 aromatic heterocycles. The van der Waals surface area contributed by atoms with Crippen LogP contribution in [0.4, 0.5) is 0 Å². The van der Waals surface area contributed by atoms with Crippen LogP contribution in [0.3, 0.4) is 0 Å². The molecule has 1 heterocycles. The summed E-state index contributed by atoms with van der Waals surface area (Å²) in [5.41, 5.74) is 0. The summed E-state index contributed by atoms with van der Waals surface area (Å²) in [7, 11) is 0. The van der Waals surface area contributed by atoms with Crippen molar-refractivity contribution in [1.29, 1.82) is 0 Å². The fourth-order valence-corrected chi connectivity index (χ4v) is 0.342. The average Bonchev–Trinajstić information content (AvgIpc) is 2.09. The lowest BCUT2D eigenvalue weighted by Crippen LogP contribution is -1.93. The Morgan fingerprint density at radius 2 is 1.82 bits per heavy atom. The maximum Gasteiger partial charge on any atom is 0.318 e. The van der Waals surface area contributed by atoms with Crippen molar-refractivity contribution >= 4 is 17.6 Å². The maximum atomic E-state index is 9.24. The highest BCUT2D eigenvalue weighted by Gasteiger charge is 1.83. The molecule has 0 aliphatic carbocycles. The van der Waals surface area contributed by atoms with E-state index < -0.39 is 5.97 Å². The summed E-state index contributed by atoms with van der Waals surface area (Å²) in [6.45, 7) is 0. The quantitative estimate of drug-likeness (QED) is 0.641. The number of carbonyl (C=O) groups is 1. The minimum Gasteiger partial charge on any atom is -0.480 e. The summed E-state index contributed by atoms with van der Waals surface area (Å²) >= 11 is 4.74. The van der Waals surface area contributed by atoms with Crippen LogP contribution in [-0.2, 0) is 4.79 Å². The minimum absolute atomic E-state index is 0.306. The smallest absolute Gasteiger partial charge is 0.318 e. The number of carboxylic acid groups (broad SMARTS) is 1. The second-order valence-corrected chi connectivity index (χ2v) is 1.87. The molecule has 0 radical (unpaired) electrons. The van der Waals surface area contributed by atoms with Gasteiger partial charge >= 0.3 is 5.97 Å². The van der Waals surface area contributed by atoms with Crippen LogP contribution in [0.15, 0.2) is 30.6 Å². The van der Waals surface area contributed by atoms with Gasteiger partial charge in [-0.25, -0.2) is 4.98 Å². The van der Waals surface area contributed by atoms with E-state index in [1.54, 1.807) is 0 Å². The van der Waals surface area contributed by atoms with Crippen LogP contribution < -0.4 is 4.98 Å². The Labute approximate surface area is 69.6 Å². The van der Waals surface area contributed by atoms with Crippen LogP contribution in [0, 0.1) is 0 Å². The topological polar surface area (TPSA) is 51.4 Å². The lowest BCUT2D eigenvalue weighted by Gasteiger charge is -1.69. The van der Waals surface area contributed by atoms with Crippen molar-refractivity contribution in [2.45, 2.75) is 0 Å². The second-order valence-electron chi connectivity index (χ2n) is 1.60. The van der Waals surface area contributed by atoms with Crippen molar-refractivity contribution in [3.8, 4) is 0 Å². The summed E-state index contributed by atoms with van der Waals surface area (Å²) in [6.07, 6.45) is 3.75. The molecule has 1 aromatic rings. The number of halogens is 1. The lowest BCUT2D eigenvalue weighted by molar-refractivity contribution is -0.377. The third-order valence-corrected chi connectivity index (χ3v) is 0.950. The fourth-order valence-electron chi connectivity index (χ4n) is 0.342. The Bertz CT molecular complexity index is 164. The van der Waals surface area contributed by atoms with Gasteiger partial charge in [0.2, 0.25) is 0 Å². The number of H-pyrrole nitrogens is 1. The van der Waals surface area contributed by atoms with Crippen LogP contribution >= 0.6 is 11.6 Å². The number of carboxylic acids is 1. The van der Waals surface area contributed by atoms with Gasteiger partial charge in [-0.2, -0.15) is 0 Å². The van der Waals surface area contributed by atoms with Crippen molar-refractivity contribution in [2.75, 3.05) is 5.88 Å². The van der Waals surface area contributed by atoms with E-state index in [4.69, 9.17) is 16.7 Å². The van der Waals surface area contributed by atoms with Crippen LogP contribution in [0.25, 0.3) is 0 Å². The molecular formula is C7H9ClNO2+. The molecule has 0 amide bonds. The van der Waals surface area contributed by atoms with E-state index in [1.807, 2.05) is 30.6 Å². The van der Waals surface area contributed by atoms with E-state index in [0.29, 0.717) is 0 Å². The van der Waals surface area contributed by atoms with Gasteiger partial charge in [-0.15, -0.1) is 11.6 Å². The van der Waals surface area contributed by atoms with E-state index in [9.17, 15) is 4.79 Å². The van der Waals surface area contributed by atoms with Crippen molar-refractivity contribution < 1.29 is 14.9 Å². The molecular weight excluding hydrogens is 166 g/mol. The molecule has 0 bridgehead atoms. The lowest BCUT2D eigenvalue weighted by atomic mass is 10.5. The van der Waals surface area contributed by atoms with Crippen molar-refractivity contribution in [3.05, 3.63) is 30.6 Å². The summed E-state index contributed by atoms with van der Waals surface area (Å²) < 4.78 is 0. The number of aliphatic carboxylic acids is 1. The predicted octanol–water partition coefficient (Wildman–Crippen LogP) is 0.810. The van der Waals surface area contributed by atoms with Crippen LogP contribution in [0.1, 0.15) is 0 Å². The molecule has 0 spiro atoms.